The number of likely N-dealkylation sites (tertiary alicyclic amines) is 1. The van der Waals surface area contributed by atoms with Crippen molar-refractivity contribution in [2.75, 3.05) is 13.1 Å². The minimum absolute atomic E-state index is 0.127. The summed E-state index contributed by atoms with van der Waals surface area (Å²) in [5.41, 5.74) is 0. The van der Waals surface area contributed by atoms with Crippen molar-refractivity contribution in [2.45, 2.75) is 69.9 Å². The van der Waals surface area contributed by atoms with Crippen LogP contribution in [-0.2, 0) is 4.79 Å². The van der Waals surface area contributed by atoms with Crippen LogP contribution in [0.15, 0.2) is 0 Å². The van der Waals surface area contributed by atoms with Gasteiger partial charge < -0.3 is 10.2 Å². The number of hydrogen-bond donors (Lipinski definition) is 1. The van der Waals surface area contributed by atoms with Crippen LogP contribution in [0.4, 0.5) is 0 Å². The molecule has 3 heteroatoms. The summed E-state index contributed by atoms with van der Waals surface area (Å²) in [4.78, 5) is 14.6. The minimum atomic E-state index is 0.127. The molecule has 0 radical (unpaired) electrons. The van der Waals surface area contributed by atoms with E-state index >= 15 is 0 Å². The number of rotatable bonds is 1. The highest BCUT2D eigenvalue weighted by Gasteiger charge is 2.36. The molecule has 2 heterocycles. The van der Waals surface area contributed by atoms with Gasteiger partial charge in [-0.05, 0) is 50.9 Å². The zero-order valence-corrected chi connectivity index (χ0v) is 11.4. The number of nitrogens with one attached hydrogen (secondary N) is 1. The second kappa shape index (κ2) is 5.60. The molecule has 2 aliphatic heterocycles. The minimum Gasteiger partial charge on any atom is -0.341 e. The molecule has 3 nitrogen and oxygen atoms in total. The molecule has 1 saturated carbocycles. The largest absolute Gasteiger partial charge is 0.341 e. The highest BCUT2D eigenvalue weighted by molar-refractivity contribution is 5.82. The molecule has 18 heavy (non-hydrogen) atoms. The second-order valence-corrected chi connectivity index (χ2v) is 6.33. The van der Waals surface area contributed by atoms with E-state index in [0.717, 1.165) is 25.4 Å². The van der Waals surface area contributed by atoms with Crippen LogP contribution in [-0.4, -0.2) is 36.0 Å². The fourth-order valence-electron chi connectivity index (χ4n) is 4.02. The summed E-state index contributed by atoms with van der Waals surface area (Å²) in [5.74, 6) is 1.24. The zero-order chi connectivity index (χ0) is 12.4. The number of fused-ring (bicyclic) bond motifs is 1. The second-order valence-electron chi connectivity index (χ2n) is 6.33. The van der Waals surface area contributed by atoms with Crippen molar-refractivity contribution in [3.8, 4) is 0 Å². The summed E-state index contributed by atoms with van der Waals surface area (Å²) < 4.78 is 0. The maximum Gasteiger partial charge on any atom is 0.239 e. The molecule has 0 spiro atoms. The molecule has 0 bridgehead atoms. The highest BCUT2D eigenvalue weighted by Crippen LogP contribution is 2.32. The lowest BCUT2D eigenvalue weighted by atomic mass is 9.77. The third kappa shape index (κ3) is 2.56. The molecule has 1 aliphatic carbocycles. The van der Waals surface area contributed by atoms with Crippen molar-refractivity contribution in [3.63, 3.8) is 0 Å². The van der Waals surface area contributed by atoms with Gasteiger partial charge in [-0.3, -0.25) is 4.79 Å². The maximum absolute atomic E-state index is 12.5. The molecule has 3 fully saturated rings. The normalized spacial score (nSPS) is 37.1. The van der Waals surface area contributed by atoms with Crippen molar-refractivity contribution >= 4 is 5.91 Å². The number of amides is 1. The van der Waals surface area contributed by atoms with E-state index < -0.39 is 0 Å². The maximum atomic E-state index is 12.5. The Hall–Kier alpha value is -0.570. The Morgan fingerprint density at radius 3 is 2.50 bits per heavy atom. The van der Waals surface area contributed by atoms with E-state index in [1.165, 1.54) is 51.4 Å². The summed E-state index contributed by atoms with van der Waals surface area (Å²) in [6, 6.07) is 0.758. The van der Waals surface area contributed by atoms with Crippen LogP contribution >= 0.6 is 0 Å². The fourth-order valence-corrected chi connectivity index (χ4v) is 4.02. The first-order valence-electron chi connectivity index (χ1n) is 7.89. The van der Waals surface area contributed by atoms with Gasteiger partial charge in [-0.25, -0.2) is 0 Å². The fraction of sp³-hybridized carbons (Fsp3) is 0.933. The van der Waals surface area contributed by atoms with Gasteiger partial charge in [-0.1, -0.05) is 12.8 Å². The monoisotopic (exact) mass is 250 g/mol. The molecular weight excluding hydrogens is 224 g/mol. The van der Waals surface area contributed by atoms with Crippen LogP contribution in [0.1, 0.15) is 57.8 Å². The molecule has 2 saturated heterocycles. The quantitative estimate of drug-likeness (QED) is 0.774. The Morgan fingerprint density at radius 2 is 1.67 bits per heavy atom. The van der Waals surface area contributed by atoms with E-state index in [2.05, 4.69) is 10.2 Å². The van der Waals surface area contributed by atoms with E-state index in [1.54, 1.807) is 0 Å². The van der Waals surface area contributed by atoms with E-state index in [0.29, 0.717) is 11.9 Å². The third-order valence-corrected chi connectivity index (χ3v) is 5.12. The Morgan fingerprint density at radius 1 is 0.889 bits per heavy atom. The molecule has 1 N–H and O–H groups in total. The number of carbonyl (C=O) groups is 1. The zero-order valence-electron chi connectivity index (χ0n) is 11.4. The highest BCUT2D eigenvalue weighted by atomic mass is 16.2. The number of carbonyl (C=O) groups excluding carboxylic acids is 1. The molecule has 1 amide bonds. The van der Waals surface area contributed by atoms with Gasteiger partial charge in [0.1, 0.15) is 0 Å². The number of nitrogens with zero attached hydrogens (tertiary/aromatic N) is 1. The van der Waals surface area contributed by atoms with Crippen molar-refractivity contribution in [1.29, 1.82) is 0 Å². The molecule has 0 aromatic carbocycles. The van der Waals surface area contributed by atoms with Gasteiger partial charge in [-0.2, -0.15) is 0 Å². The van der Waals surface area contributed by atoms with Crippen LogP contribution in [0.2, 0.25) is 0 Å². The standard InChI is InChI=1S/C15H26N2O/c18-15(17-10-4-1-5-11-17)14-9-8-12-6-2-3-7-13(12)16-14/h12-14,16H,1-11H2. The lowest BCUT2D eigenvalue weighted by molar-refractivity contribution is -0.135. The van der Waals surface area contributed by atoms with Gasteiger partial charge in [0, 0.05) is 19.1 Å². The van der Waals surface area contributed by atoms with Gasteiger partial charge in [0.15, 0.2) is 0 Å². The molecule has 3 aliphatic rings. The van der Waals surface area contributed by atoms with E-state index in [9.17, 15) is 4.79 Å². The van der Waals surface area contributed by atoms with Crippen LogP contribution in [0.3, 0.4) is 0 Å². The average Bonchev–Trinajstić information content (AvgIpc) is 2.47. The Bertz CT molecular complexity index is 299. The SMILES string of the molecule is O=C(C1CCC2CCCCC2N1)N1CCCCC1. The Labute approximate surface area is 110 Å². The van der Waals surface area contributed by atoms with Crippen molar-refractivity contribution < 1.29 is 4.79 Å². The average molecular weight is 250 g/mol. The van der Waals surface area contributed by atoms with Crippen molar-refractivity contribution in [3.05, 3.63) is 0 Å². The van der Waals surface area contributed by atoms with Gasteiger partial charge in [0.2, 0.25) is 5.91 Å². The molecule has 3 unspecified atom stereocenters. The molecule has 3 rings (SSSR count). The summed E-state index contributed by atoms with van der Waals surface area (Å²) in [6.45, 7) is 1.98. The molecule has 102 valence electrons. The first-order valence-corrected chi connectivity index (χ1v) is 7.89. The van der Waals surface area contributed by atoms with Gasteiger partial charge >= 0.3 is 0 Å². The van der Waals surface area contributed by atoms with Crippen molar-refractivity contribution in [1.82, 2.24) is 10.2 Å². The lowest BCUT2D eigenvalue weighted by Gasteiger charge is -2.41. The smallest absolute Gasteiger partial charge is 0.239 e. The lowest BCUT2D eigenvalue weighted by Crippen LogP contribution is -2.56. The first kappa shape index (κ1) is 12.5. The number of piperidine rings is 2. The van der Waals surface area contributed by atoms with E-state index in [1.807, 2.05) is 0 Å². The summed E-state index contributed by atoms with van der Waals surface area (Å²) >= 11 is 0. The van der Waals surface area contributed by atoms with Gasteiger partial charge in [0.25, 0.3) is 0 Å². The van der Waals surface area contributed by atoms with Gasteiger partial charge in [-0.15, -0.1) is 0 Å². The van der Waals surface area contributed by atoms with Crippen molar-refractivity contribution in [2.24, 2.45) is 5.92 Å². The van der Waals surface area contributed by atoms with Crippen LogP contribution < -0.4 is 5.32 Å². The molecule has 0 aromatic heterocycles. The topological polar surface area (TPSA) is 32.3 Å². The van der Waals surface area contributed by atoms with Crippen LogP contribution in [0.25, 0.3) is 0 Å². The van der Waals surface area contributed by atoms with E-state index in [4.69, 9.17) is 0 Å². The predicted molar refractivity (Wildman–Crippen MR) is 72.3 cm³/mol. The third-order valence-electron chi connectivity index (χ3n) is 5.12. The van der Waals surface area contributed by atoms with Gasteiger partial charge in [0.05, 0.1) is 6.04 Å². The Kier molecular flexibility index (Phi) is 3.88. The molecule has 3 atom stereocenters. The molecule has 0 aromatic rings. The summed E-state index contributed by atoms with van der Waals surface area (Å²) in [7, 11) is 0. The molecular formula is C15H26N2O. The summed E-state index contributed by atoms with van der Waals surface area (Å²) in [6.07, 6.45) is 11.4. The summed E-state index contributed by atoms with van der Waals surface area (Å²) in [5, 5.41) is 3.66. The Balaban J connectivity index is 1.57. The van der Waals surface area contributed by atoms with E-state index in [-0.39, 0.29) is 6.04 Å². The predicted octanol–water partition coefficient (Wildman–Crippen LogP) is 2.31. The number of hydrogen-bond acceptors (Lipinski definition) is 2. The van der Waals surface area contributed by atoms with Crippen LogP contribution in [0.5, 0.6) is 0 Å². The first-order chi connectivity index (χ1) is 8.84. The van der Waals surface area contributed by atoms with Crippen LogP contribution in [0, 0.1) is 5.92 Å².